The van der Waals surface area contributed by atoms with Gasteiger partial charge in [0.2, 0.25) is 11.8 Å². The average Bonchev–Trinajstić information content (AvgIpc) is 3.35. The van der Waals surface area contributed by atoms with Crippen LogP contribution in [-0.2, 0) is 19.1 Å². The van der Waals surface area contributed by atoms with Crippen molar-refractivity contribution in [3.63, 3.8) is 0 Å². The van der Waals surface area contributed by atoms with Crippen LogP contribution >= 0.6 is 35.0 Å². The van der Waals surface area contributed by atoms with Crippen LogP contribution < -0.4 is 15.5 Å². The molecule has 1 atom stereocenters. The SMILES string of the molecule is COC(=O)c1ccc(N2C(=O)CC(Sc3ccc(NC(=O)/C(=C/c4cccc(Cl)c4Cl)NC(=O)c4ccccc4)cc3)C2=O)cc1. The van der Waals surface area contributed by atoms with Crippen molar-refractivity contribution < 1.29 is 28.7 Å². The first-order chi connectivity index (χ1) is 22.1. The normalized spacial score (nSPS) is 14.6. The summed E-state index contributed by atoms with van der Waals surface area (Å²) in [6.07, 6.45) is 1.44. The van der Waals surface area contributed by atoms with Crippen molar-refractivity contribution in [2.24, 2.45) is 0 Å². The maximum Gasteiger partial charge on any atom is 0.337 e. The first kappa shape index (κ1) is 32.5. The standard InChI is InChI=1S/C34H25Cl2N3O6S/c1-45-34(44)21-10-14-24(15-11-21)39-29(40)19-28(33(39)43)46-25-16-12-23(13-17-25)37-32(42)27(18-22-8-5-9-26(35)30(22)36)38-31(41)20-6-3-2-4-7-20/h2-18,28H,19H2,1H3,(H,37,42)(H,38,41)/b27-18-. The molecule has 1 saturated heterocycles. The Kier molecular flexibility index (Phi) is 10.2. The Morgan fingerprint density at radius 2 is 1.57 bits per heavy atom. The van der Waals surface area contributed by atoms with Crippen LogP contribution in [0.1, 0.15) is 32.7 Å². The van der Waals surface area contributed by atoms with Crippen molar-refractivity contribution >= 4 is 82.0 Å². The van der Waals surface area contributed by atoms with Crippen molar-refractivity contribution in [2.45, 2.75) is 16.6 Å². The van der Waals surface area contributed by atoms with E-state index >= 15 is 0 Å². The highest BCUT2D eigenvalue weighted by molar-refractivity contribution is 8.00. The van der Waals surface area contributed by atoms with Gasteiger partial charge < -0.3 is 15.4 Å². The number of nitrogens with one attached hydrogen (secondary N) is 2. The van der Waals surface area contributed by atoms with Gasteiger partial charge in [-0.25, -0.2) is 9.69 Å². The monoisotopic (exact) mass is 673 g/mol. The minimum atomic E-state index is -0.654. The third kappa shape index (κ3) is 7.48. The van der Waals surface area contributed by atoms with E-state index in [0.717, 1.165) is 4.90 Å². The molecule has 232 valence electrons. The molecule has 0 radical (unpaired) electrons. The number of esters is 1. The quantitative estimate of drug-likeness (QED) is 0.116. The molecular formula is C34H25Cl2N3O6S. The number of hydrogen-bond donors (Lipinski definition) is 2. The summed E-state index contributed by atoms with van der Waals surface area (Å²) in [6, 6.07) is 26.1. The highest BCUT2D eigenvalue weighted by Gasteiger charge is 2.40. The second-order valence-electron chi connectivity index (χ2n) is 9.92. The Labute approximate surface area is 278 Å². The number of benzene rings is 4. The molecule has 0 saturated carbocycles. The number of carbonyl (C=O) groups is 5. The van der Waals surface area contributed by atoms with Crippen molar-refractivity contribution in [3.05, 3.63) is 129 Å². The Morgan fingerprint density at radius 3 is 2.24 bits per heavy atom. The van der Waals surface area contributed by atoms with Crippen LogP contribution in [-0.4, -0.2) is 42.0 Å². The number of thioether (sulfide) groups is 1. The summed E-state index contributed by atoms with van der Waals surface area (Å²) >= 11 is 13.7. The van der Waals surface area contributed by atoms with Gasteiger partial charge in [0.15, 0.2) is 0 Å². The fourth-order valence-corrected chi connectivity index (χ4v) is 5.96. The number of carbonyl (C=O) groups excluding carboxylic acids is 5. The summed E-state index contributed by atoms with van der Waals surface area (Å²) in [6.45, 7) is 0. The number of nitrogens with zero attached hydrogens (tertiary/aromatic N) is 1. The molecule has 1 aliphatic rings. The molecule has 4 aromatic carbocycles. The van der Waals surface area contributed by atoms with Crippen LogP contribution in [0.25, 0.3) is 6.08 Å². The molecule has 1 fully saturated rings. The van der Waals surface area contributed by atoms with E-state index in [1.807, 2.05) is 0 Å². The van der Waals surface area contributed by atoms with Crippen LogP contribution in [0, 0.1) is 0 Å². The Bertz CT molecular complexity index is 1850. The molecule has 1 heterocycles. The number of ether oxygens (including phenoxy) is 1. The van der Waals surface area contributed by atoms with Crippen LogP contribution in [0.4, 0.5) is 11.4 Å². The van der Waals surface area contributed by atoms with E-state index in [4.69, 9.17) is 27.9 Å². The van der Waals surface area contributed by atoms with Crippen molar-refractivity contribution in [3.8, 4) is 0 Å². The van der Waals surface area contributed by atoms with E-state index in [1.54, 1.807) is 72.8 Å². The number of halogens is 2. The molecule has 2 N–H and O–H groups in total. The lowest BCUT2D eigenvalue weighted by Gasteiger charge is -2.15. The lowest BCUT2D eigenvalue weighted by Crippen LogP contribution is -2.31. The van der Waals surface area contributed by atoms with Gasteiger partial charge in [0.1, 0.15) is 5.70 Å². The van der Waals surface area contributed by atoms with E-state index in [0.29, 0.717) is 38.0 Å². The third-order valence-electron chi connectivity index (χ3n) is 6.85. The predicted octanol–water partition coefficient (Wildman–Crippen LogP) is 6.61. The second-order valence-corrected chi connectivity index (χ2v) is 12.0. The highest BCUT2D eigenvalue weighted by Crippen LogP contribution is 2.35. The van der Waals surface area contributed by atoms with Gasteiger partial charge in [-0.2, -0.15) is 0 Å². The van der Waals surface area contributed by atoms with E-state index in [2.05, 4.69) is 10.6 Å². The minimum absolute atomic E-state index is 0.00205. The summed E-state index contributed by atoms with van der Waals surface area (Å²) in [7, 11) is 1.27. The smallest absolute Gasteiger partial charge is 0.337 e. The molecule has 4 amide bonds. The van der Waals surface area contributed by atoms with Gasteiger partial charge in [0.25, 0.3) is 11.8 Å². The van der Waals surface area contributed by atoms with Crippen LogP contribution in [0.5, 0.6) is 0 Å². The number of methoxy groups -OCH3 is 1. The summed E-state index contributed by atoms with van der Waals surface area (Å²) in [5.74, 6) is -2.34. The molecular weight excluding hydrogens is 649 g/mol. The van der Waals surface area contributed by atoms with E-state index in [1.165, 1.54) is 49.2 Å². The molecule has 0 bridgehead atoms. The van der Waals surface area contributed by atoms with Gasteiger partial charge in [0.05, 0.1) is 33.7 Å². The zero-order valence-corrected chi connectivity index (χ0v) is 26.5. The molecule has 1 unspecified atom stereocenters. The largest absolute Gasteiger partial charge is 0.465 e. The lowest BCUT2D eigenvalue weighted by atomic mass is 10.1. The lowest BCUT2D eigenvalue weighted by molar-refractivity contribution is -0.121. The molecule has 9 nitrogen and oxygen atoms in total. The molecule has 4 aromatic rings. The number of amides is 4. The summed E-state index contributed by atoms with van der Waals surface area (Å²) in [5, 5.41) is 5.28. The fraction of sp³-hybridized carbons (Fsp3) is 0.0882. The predicted molar refractivity (Wildman–Crippen MR) is 178 cm³/mol. The van der Waals surface area contributed by atoms with E-state index in [9.17, 15) is 24.0 Å². The van der Waals surface area contributed by atoms with Crippen molar-refractivity contribution in [2.75, 3.05) is 17.3 Å². The maximum atomic E-state index is 13.4. The molecule has 1 aliphatic heterocycles. The van der Waals surface area contributed by atoms with Gasteiger partial charge in [-0.15, -0.1) is 11.8 Å². The molecule has 0 aliphatic carbocycles. The van der Waals surface area contributed by atoms with Gasteiger partial charge in [0, 0.05) is 22.6 Å². The minimum Gasteiger partial charge on any atom is -0.465 e. The van der Waals surface area contributed by atoms with Gasteiger partial charge >= 0.3 is 5.97 Å². The number of hydrogen-bond acceptors (Lipinski definition) is 7. The molecule has 12 heteroatoms. The first-order valence-corrected chi connectivity index (χ1v) is 15.4. The average molecular weight is 675 g/mol. The zero-order chi connectivity index (χ0) is 32.8. The Morgan fingerprint density at radius 1 is 0.870 bits per heavy atom. The summed E-state index contributed by atoms with van der Waals surface area (Å²) < 4.78 is 4.69. The van der Waals surface area contributed by atoms with Crippen molar-refractivity contribution in [1.82, 2.24) is 5.32 Å². The number of imide groups is 1. The van der Waals surface area contributed by atoms with Gasteiger partial charge in [-0.05, 0) is 78.4 Å². The van der Waals surface area contributed by atoms with Gasteiger partial charge in [-0.3, -0.25) is 19.2 Å². The maximum absolute atomic E-state index is 13.4. The van der Waals surface area contributed by atoms with E-state index < -0.39 is 23.0 Å². The van der Waals surface area contributed by atoms with Crippen LogP contribution in [0.15, 0.2) is 108 Å². The number of rotatable bonds is 9. The molecule has 0 spiro atoms. The van der Waals surface area contributed by atoms with E-state index in [-0.39, 0.29) is 29.0 Å². The topological polar surface area (TPSA) is 122 Å². The van der Waals surface area contributed by atoms with Crippen molar-refractivity contribution in [1.29, 1.82) is 0 Å². The second kappa shape index (κ2) is 14.5. The number of anilines is 2. The van der Waals surface area contributed by atoms with Crippen LogP contribution in [0.2, 0.25) is 10.0 Å². The zero-order valence-electron chi connectivity index (χ0n) is 24.2. The highest BCUT2D eigenvalue weighted by atomic mass is 35.5. The summed E-state index contributed by atoms with van der Waals surface area (Å²) in [4.78, 5) is 65.7. The third-order valence-corrected chi connectivity index (χ3v) is 8.88. The Hall–Kier alpha value is -4.90. The Balaban J connectivity index is 1.28. The van der Waals surface area contributed by atoms with Gasteiger partial charge in [-0.1, -0.05) is 53.5 Å². The van der Waals surface area contributed by atoms with Crippen LogP contribution in [0.3, 0.4) is 0 Å². The summed E-state index contributed by atoms with van der Waals surface area (Å²) in [5.41, 5.74) is 1.82. The first-order valence-electron chi connectivity index (χ1n) is 13.8. The fourth-order valence-electron chi connectivity index (χ4n) is 4.54. The molecule has 5 rings (SSSR count). The molecule has 46 heavy (non-hydrogen) atoms. The molecule has 0 aromatic heterocycles.